The van der Waals surface area contributed by atoms with Crippen LogP contribution in [0.25, 0.3) is 0 Å². The molecule has 0 saturated carbocycles. The average Bonchev–Trinajstić information content (AvgIpc) is 2.77. The molecule has 7 heteroatoms. The average molecular weight is 378 g/mol. The molecule has 0 aliphatic rings. The van der Waals surface area contributed by atoms with Gasteiger partial charge in [0.05, 0.1) is 24.4 Å². The van der Waals surface area contributed by atoms with Crippen molar-refractivity contribution in [2.75, 3.05) is 13.7 Å². The molecule has 20 heavy (non-hydrogen) atoms. The van der Waals surface area contributed by atoms with E-state index in [0.29, 0.717) is 38.9 Å². The van der Waals surface area contributed by atoms with Crippen LogP contribution >= 0.6 is 39.1 Å². The summed E-state index contributed by atoms with van der Waals surface area (Å²) in [5.74, 6) is -0.216. The van der Waals surface area contributed by atoms with Crippen molar-refractivity contribution in [2.45, 2.75) is 6.54 Å². The highest BCUT2D eigenvalue weighted by molar-refractivity contribution is 9.10. The normalized spacial score (nSPS) is 10.8. The lowest BCUT2D eigenvalue weighted by Crippen LogP contribution is -2.15. The second-order valence-electron chi connectivity index (χ2n) is 4.01. The van der Waals surface area contributed by atoms with Gasteiger partial charge < -0.3 is 4.74 Å². The molecule has 106 valence electrons. The van der Waals surface area contributed by atoms with E-state index in [4.69, 9.17) is 27.9 Å². The molecule has 0 aliphatic carbocycles. The summed E-state index contributed by atoms with van der Waals surface area (Å²) in [6.45, 7) is 0.898. The smallest absolute Gasteiger partial charge is 0.213 e. The summed E-state index contributed by atoms with van der Waals surface area (Å²) in [5.41, 5.74) is 0.821. The molecule has 2 aromatic rings. The third kappa shape index (κ3) is 3.23. The molecule has 0 radical (unpaired) electrons. The van der Waals surface area contributed by atoms with Gasteiger partial charge in [-0.3, -0.25) is 9.48 Å². The second kappa shape index (κ2) is 6.72. The summed E-state index contributed by atoms with van der Waals surface area (Å²) < 4.78 is 7.15. The molecule has 0 amide bonds. The summed E-state index contributed by atoms with van der Waals surface area (Å²) >= 11 is 15.3. The van der Waals surface area contributed by atoms with Gasteiger partial charge in [0.15, 0.2) is 0 Å². The van der Waals surface area contributed by atoms with Crippen molar-refractivity contribution in [3.8, 4) is 0 Å². The monoisotopic (exact) mass is 376 g/mol. The molecule has 0 unspecified atom stereocenters. The van der Waals surface area contributed by atoms with Crippen molar-refractivity contribution in [3.63, 3.8) is 0 Å². The highest BCUT2D eigenvalue weighted by Gasteiger charge is 2.21. The molecule has 1 aromatic carbocycles. The maximum absolute atomic E-state index is 12.6. The number of ketones is 1. The van der Waals surface area contributed by atoms with Crippen molar-refractivity contribution < 1.29 is 9.53 Å². The SMILES string of the molecule is COCCn1ncc(Cl)c1C(=O)c1ccc(Cl)cc1Br. The van der Waals surface area contributed by atoms with Crippen molar-refractivity contribution in [2.24, 2.45) is 0 Å². The van der Waals surface area contributed by atoms with Crippen LogP contribution in [-0.4, -0.2) is 29.3 Å². The quantitative estimate of drug-likeness (QED) is 0.743. The van der Waals surface area contributed by atoms with E-state index in [-0.39, 0.29) is 5.78 Å². The van der Waals surface area contributed by atoms with Crippen LogP contribution in [0.5, 0.6) is 0 Å². The molecule has 0 bridgehead atoms. The number of ether oxygens (including phenoxy) is 1. The molecular weight excluding hydrogens is 367 g/mol. The van der Waals surface area contributed by atoms with E-state index in [0.717, 1.165) is 0 Å². The second-order valence-corrected chi connectivity index (χ2v) is 5.71. The molecule has 4 nitrogen and oxygen atoms in total. The number of carbonyl (C=O) groups excluding carboxylic acids is 1. The third-order valence-corrected chi connectivity index (χ3v) is 3.86. The molecule has 1 aromatic heterocycles. The Bertz CT molecular complexity index is 643. The fourth-order valence-corrected chi connectivity index (χ4v) is 2.83. The minimum absolute atomic E-state index is 0.216. The Labute approximate surface area is 134 Å². The predicted octanol–water partition coefficient (Wildman–Crippen LogP) is 3.83. The van der Waals surface area contributed by atoms with Crippen LogP contribution in [0, 0.1) is 0 Å². The van der Waals surface area contributed by atoms with E-state index in [1.807, 2.05) is 0 Å². The van der Waals surface area contributed by atoms with Gasteiger partial charge in [-0.15, -0.1) is 0 Å². The Kier molecular flexibility index (Phi) is 5.21. The van der Waals surface area contributed by atoms with Crippen LogP contribution in [0.4, 0.5) is 0 Å². The van der Waals surface area contributed by atoms with Gasteiger partial charge >= 0.3 is 0 Å². The molecule has 0 N–H and O–H groups in total. The first-order valence-corrected chi connectivity index (χ1v) is 7.29. The number of carbonyl (C=O) groups is 1. The zero-order chi connectivity index (χ0) is 14.7. The number of aromatic nitrogens is 2. The van der Waals surface area contributed by atoms with Crippen molar-refractivity contribution >= 4 is 44.9 Å². The lowest BCUT2D eigenvalue weighted by atomic mass is 10.1. The summed E-state index contributed by atoms with van der Waals surface area (Å²) in [6, 6.07) is 4.97. The fraction of sp³-hybridized carbons (Fsp3) is 0.231. The number of halogens is 3. The predicted molar refractivity (Wildman–Crippen MR) is 81.7 cm³/mol. The highest BCUT2D eigenvalue weighted by Crippen LogP contribution is 2.26. The first-order valence-electron chi connectivity index (χ1n) is 5.74. The van der Waals surface area contributed by atoms with Crippen LogP contribution in [0.3, 0.4) is 0 Å². The Morgan fingerprint density at radius 3 is 2.85 bits per heavy atom. The molecule has 2 rings (SSSR count). The van der Waals surface area contributed by atoms with E-state index in [1.165, 1.54) is 10.9 Å². The molecule has 0 aliphatic heterocycles. The van der Waals surface area contributed by atoms with Gasteiger partial charge in [0, 0.05) is 22.2 Å². The van der Waals surface area contributed by atoms with Gasteiger partial charge in [-0.1, -0.05) is 23.2 Å². The largest absolute Gasteiger partial charge is 0.383 e. The summed E-state index contributed by atoms with van der Waals surface area (Å²) in [5, 5.41) is 4.95. The Balaban J connectivity index is 2.40. The zero-order valence-corrected chi connectivity index (χ0v) is 13.7. The van der Waals surface area contributed by atoms with Crippen molar-refractivity contribution in [3.05, 3.63) is 50.2 Å². The number of benzene rings is 1. The van der Waals surface area contributed by atoms with Gasteiger partial charge in [-0.25, -0.2) is 0 Å². The minimum atomic E-state index is -0.216. The standard InChI is InChI=1S/C13H11BrCl2N2O2/c1-20-5-4-18-12(11(16)7-17-18)13(19)9-3-2-8(15)6-10(9)14/h2-3,6-7H,4-5H2,1H3. The molecular formula is C13H11BrCl2N2O2. The van der Waals surface area contributed by atoms with Crippen molar-refractivity contribution in [1.29, 1.82) is 0 Å². The Hall–Kier alpha value is -0.880. The van der Waals surface area contributed by atoms with Crippen LogP contribution in [0.15, 0.2) is 28.9 Å². The molecule has 0 fully saturated rings. The van der Waals surface area contributed by atoms with Gasteiger partial charge in [0.1, 0.15) is 5.69 Å². The number of rotatable bonds is 5. The Morgan fingerprint density at radius 1 is 1.45 bits per heavy atom. The van der Waals surface area contributed by atoms with Crippen LogP contribution in [-0.2, 0) is 11.3 Å². The first-order chi connectivity index (χ1) is 9.54. The maximum Gasteiger partial charge on any atom is 0.213 e. The topological polar surface area (TPSA) is 44.1 Å². The van der Waals surface area contributed by atoms with Gasteiger partial charge in [-0.2, -0.15) is 5.10 Å². The maximum atomic E-state index is 12.6. The Morgan fingerprint density at radius 2 is 2.20 bits per heavy atom. The van der Waals surface area contributed by atoms with Gasteiger partial charge in [0.2, 0.25) is 5.78 Å². The van der Waals surface area contributed by atoms with Gasteiger partial charge in [-0.05, 0) is 34.1 Å². The highest BCUT2D eigenvalue weighted by atomic mass is 79.9. The third-order valence-electron chi connectivity index (χ3n) is 2.69. The molecule has 0 atom stereocenters. The molecule has 1 heterocycles. The number of methoxy groups -OCH3 is 1. The van der Waals surface area contributed by atoms with Gasteiger partial charge in [0.25, 0.3) is 0 Å². The number of hydrogen-bond donors (Lipinski definition) is 0. The summed E-state index contributed by atoms with van der Waals surface area (Å²) in [6.07, 6.45) is 1.45. The number of nitrogens with zero attached hydrogens (tertiary/aromatic N) is 2. The molecule has 0 spiro atoms. The van der Waals surface area contributed by atoms with E-state index < -0.39 is 0 Å². The van der Waals surface area contributed by atoms with Crippen LogP contribution in [0.1, 0.15) is 16.1 Å². The van der Waals surface area contributed by atoms with E-state index >= 15 is 0 Å². The van der Waals surface area contributed by atoms with Crippen LogP contribution in [0.2, 0.25) is 10.0 Å². The fourth-order valence-electron chi connectivity index (χ4n) is 1.74. The van der Waals surface area contributed by atoms with E-state index in [2.05, 4.69) is 21.0 Å². The summed E-state index contributed by atoms with van der Waals surface area (Å²) in [4.78, 5) is 12.6. The van der Waals surface area contributed by atoms with Crippen LogP contribution < -0.4 is 0 Å². The lowest BCUT2D eigenvalue weighted by molar-refractivity contribution is 0.102. The summed E-state index contributed by atoms with van der Waals surface area (Å²) in [7, 11) is 1.59. The molecule has 0 saturated heterocycles. The minimum Gasteiger partial charge on any atom is -0.383 e. The lowest BCUT2D eigenvalue weighted by Gasteiger charge is -2.08. The van der Waals surface area contributed by atoms with Crippen molar-refractivity contribution in [1.82, 2.24) is 9.78 Å². The van der Waals surface area contributed by atoms with E-state index in [1.54, 1.807) is 25.3 Å². The number of hydrogen-bond acceptors (Lipinski definition) is 3. The first kappa shape index (κ1) is 15.5. The van der Waals surface area contributed by atoms with E-state index in [9.17, 15) is 4.79 Å². The zero-order valence-electron chi connectivity index (χ0n) is 10.6.